The van der Waals surface area contributed by atoms with Gasteiger partial charge in [-0.05, 0) is 36.8 Å². The van der Waals surface area contributed by atoms with E-state index in [0.29, 0.717) is 18.7 Å². The first kappa shape index (κ1) is 16.8. The number of rotatable bonds is 3. The number of nitriles is 1. The van der Waals surface area contributed by atoms with Crippen molar-refractivity contribution in [2.24, 2.45) is 0 Å². The van der Waals surface area contributed by atoms with Gasteiger partial charge in [-0.2, -0.15) is 5.26 Å². The number of piperazine rings is 1. The smallest absolute Gasteiger partial charge is 0.317 e. The molecule has 1 aliphatic heterocycles. The van der Waals surface area contributed by atoms with Crippen LogP contribution >= 0.6 is 0 Å². The minimum atomic E-state index is -0.0904. The number of benzene rings is 2. The molecule has 0 saturated carbocycles. The van der Waals surface area contributed by atoms with Gasteiger partial charge in [0.05, 0.1) is 17.7 Å². The molecule has 0 bridgehead atoms. The van der Waals surface area contributed by atoms with E-state index in [1.165, 1.54) is 5.69 Å². The number of hydrogen-bond donors (Lipinski definition) is 1. The van der Waals surface area contributed by atoms with Gasteiger partial charge >= 0.3 is 6.03 Å². The van der Waals surface area contributed by atoms with Crippen molar-refractivity contribution in [1.29, 1.82) is 5.26 Å². The van der Waals surface area contributed by atoms with Crippen LogP contribution in [0.5, 0.6) is 0 Å². The Morgan fingerprint density at radius 2 is 1.68 bits per heavy atom. The van der Waals surface area contributed by atoms with Gasteiger partial charge in [0.25, 0.3) is 0 Å². The van der Waals surface area contributed by atoms with E-state index in [2.05, 4.69) is 28.4 Å². The third-order valence-corrected chi connectivity index (χ3v) is 4.57. The normalized spacial score (nSPS) is 15.4. The summed E-state index contributed by atoms with van der Waals surface area (Å²) in [6.45, 7) is 5.05. The number of anilines is 1. The van der Waals surface area contributed by atoms with Crippen LogP contribution < -0.4 is 10.2 Å². The van der Waals surface area contributed by atoms with Crippen molar-refractivity contribution in [1.82, 2.24) is 10.2 Å². The third-order valence-electron chi connectivity index (χ3n) is 4.57. The van der Waals surface area contributed by atoms with Gasteiger partial charge in [0.15, 0.2) is 0 Å². The standard InChI is InChI=1S/C20H22N4O/c1-16(18-9-7-17(15-21)8-10-18)22-20(25)24-13-11-23(12-14-24)19-5-3-2-4-6-19/h2-10,16H,11-14H2,1H3,(H,22,25)/t16-/m0/s1. The second-order valence-electron chi connectivity index (χ2n) is 6.21. The van der Waals surface area contributed by atoms with Crippen LogP contribution in [0, 0.1) is 11.3 Å². The Morgan fingerprint density at radius 1 is 1.04 bits per heavy atom. The SMILES string of the molecule is C[C@H](NC(=O)N1CCN(c2ccccc2)CC1)c1ccc(C#N)cc1. The second kappa shape index (κ2) is 7.71. The van der Waals surface area contributed by atoms with Crippen molar-refractivity contribution in [2.75, 3.05) is 31.1 Å². The van der Waals surface area contributed by atoms with Crippen LogP contribution in [-0.4, -0.2) is 37.1 Å². The quantitative estimate of drug-likeness (QED) is 0.938. The van der Waals surface area contributed by atoms with Gasteiger partial charge in [0.1, 0.15) is 0 Å². The van der Waals surface area contributed by atoms with E-state index in [0.717, 1.165) is 18.7 Å². The minimum Gasteiger partial charge on any atom is -0.368 e. The van der Waals surface area contributed by atoms with E-state index < -0.39 is 0 Å². The number of urea groups is 1. The van der Waals surface area contributed by atoms with Crippen molar-refractivity contribution in [3.8, 4) is 6.07 Å². The van der Waals surface area contributed by atoms with Crippen molar-refractivity contribution < 1.29 is 4.79 Å². The summed E-state index contributed by atoms with van der Waals surface area (Å²) in [6.07, 6.45) is 0. The maximum Gasteiger partial charge on any atom is 0.317 e. The van der Waals surface area contributed by atoms with Crippen molar-refractivity contribution in [2.45, 2.75) is 13.0 Å². The van der Waals surface area contributed by atoms with Crippen LogP contribution in [0.3, 0.4) is 0 Å². The lowest BCUT2D eigenvalue weighted by Crippen LogP contribution is -2.52. The Labute approximate surface area is 148 Å². The predicted octanol–water partition coefficient (Wildman–Crippen LogP) is 3.15. The molecule has 0 radical (unpaired) electrons. The number of para-hydroxylation sites is 1. The average molecular weight is 334 g/mol. The summed E-state index contributed by atoms with van der Waals surface area (Å²) in [5, 5.41) is 11.9. The Balaban J connectivity index is 1.53. The van der Waals surface area contributed by atoms with E-state index in [-0.39, 0.29) is 12.1 Å². The molecule has 0 spiro atoms. The summed E-state index contributed by atoms with van der Waals surface area (Å²) in [6, 6.07) is 19.6. The fraction of sp³-hybridized carbons (Fsp3) is 0.300. The maximum atomic E-state index is 12.5. The highest BCUT2D eigenvalue weighted by molar-refractivity contribution is 5.75. The molecule has 0 unspecified atom stereocenters. The van der Waals surface area contributed by atoms with Crippen molar-refractivity contribution >= 4 is 11.7 Å². The fourth-order valence-corrected chi connectivity index (χ4v) is 3.01. The lowest BCUT2D eigenvalue weighted by atomic mass is 10.1. The average Bonchev–Trinajstić information content (AvgIpc) is 2.68. The molecule has 5 heteroatoms. The molecular weight excluding hydrogens is 312 g/mol. The molecule has 5 nitrogen and oxygen atoms in total. The molecule has 0 aliphatic carbocycles. The second-order valence-corrected chi connectivity index (χ2v) is 6.21. The molecule has 0 aromatic heterocycles. The Morgan fingerprint density at radius 3 is 2.28 bits per heavy atom. The first-order valence-corrected chi connectivity index (χ1v) is 8.53. The molecule has 1 heterocycles. The molecule has 1 N–H and O–H groups in total. The first-order valence-electron chi connectivity index (χ1n) is 8.53. The zero-order chi connectivity index (χ0) is 17.6. The molecule has 1 atom stereocenters. The highest BCUT2D eigenvalue weighted by atomic mass is 16.2. The molecule has 1 fully saturated rings. The minimum absolute atomic E-state index is 0.0374. The monoisotopic (exact) mass is 334 g/mol. The highest BCUT2D eigenvalue weighted by Crippen LogP contribution is 2.17. The van der Waals surface area contributed by atoms with Crippen molar-refractivity contribution in [3.63, 3.8) is 0 Å². The maximum absolute atomic E-state index is 12.5. The van der Waals surface area contributed by atoms with Gasteiger partial charge in [-0.3, -0.25) is 0 Å². The van der Waals surface area contributed by atoms with E-state index >= 15 is 0 Å². The summed E-state index contributed by atoms with van der Waals surface area (Å²) in [4.78, 5) is 16.7. The number of hydrogen-bond acceptors (Lipinski definition) is 3. The Bertz CT molecular complexity index is 744. The number of nitrogens with zero attached hydrogens (tertiary/aromatic N) is 3. The van der Waals surface area contributed by atoms with E-state index in [9.17, 15) is 4.79 Å². The summed E-state index contributed by atoms with van der Waals surface area (Å²) in [5.74, 6) is 0. The van der Waals surface area contributed by atoms with E-state index in [1.807, 2.05) is 42.2 Å². The van der Waals surface area contributed by atoms with Gasteiger partial charge in [-0.1, -0.05) is 30.3 Å². The molecule has 2 aromatic carbocycles. The molecule has 25 heavy (non-hydrogen) atoms. The lowest BCUT2D eigenvalue weighted by Gasteiger charge is -2.36. The van der Waals surface area contributed by atoms with Gasteiger partial charge in [-0.25, -0.2) is 4.79 Å². The molecule has 1 aliphatic rings. The van der Waals surface area contributed by atoms with Crippen LogP contribution in [0.25, 0.3) is 0 Å². The molecule has 2 amide bonds. The molecule has 3 rings (SSSR count). The zero-order valence-electron chi connectivity index (χ0n) is 14.4. The van der Waals surface area contributed by atoms with Gasteiger partial charge in [0.2, 0.25) is 0 Å². The van der Waals surface area contributed by atoms with Crippen LogP contribution in [0.1, 0.15) is 24.1 Å². The summed E-state index contributed by atoms with van der Waals surface area (Å²) >= 11 is 0. The van der Waals surface area contributed by atoms with Gasteiger partial charge in [-0.15, -0.1) is 0 Å². The van der Waals surface area contributed by atoms with Gasteiger partial charge in [0, 0.05) is 31.9 Å². The first-order chi connectivity index (χ1) is 12.2. The van der Waals surface area contributed by atoms with Crippen molar-refractivity contribution in [3.05, 3.63) is 65.7 Å². The Kier molecular flexibility index (Phi) is 5.20. The number of carbonyl (C=O) groups is 1. The van der Waals surface area contributed by atoms with E-state index in [4.69, 9.17) is 5.26 Å². The predicted molar refractivity (Wildman–Crippen MR) is 98.3 cm³/mol. The van der Waals surface area contributed by atoms with Crippen LogP contribution in [0.4, 0.5) is 10.5 Å². The number of amides is 2. The Hall–Kier alpha value is -3.00. The summed E-state index contributed by atoms with van der Waals surface area (Å²) in [7, 11) is 0. The van der Waals surface area contributed by atoms with Crippen LogP contribution in [-0.2, 0) is 0 Å². The number of nitrogens with one attached hydrogen (secondary N) is 1. The third kappa shape index (κ3) is 4.10. The molecular formula is C20H22N4O. The topological polar surface area (TPSA) is 59.4 Å². The fourth-order valence-electron chi connectivity index (χ4n) is 3.01. The summed E-state index contributed by atoms with van der Waals surface area (Å²) in [5.41, 5.74) is 2.82. The van der Waals surface area contributed by atoms with E-state index in [1.54, 1.807) is 12.1 Å². The van der Waals surface area contributed by atoms with Crippen LogP contribution in [0.2, 0.25) is 0 Å². The largest absolute Gasteiger partial charge is 0.368 e. The zero-order valence-corrected chi connectivity index (χ0v) is 14.4. The highest BCUT2D eigenvalue weighted by Gasteiger charge is 2.22. The van der Waals surface area contributed by atoms with Crippen LogP contribution in [0.15, 0.2) is 54.6 Å². The van der Waals surface area contributed by atoms with Gasteiger partial charge < -0.3 is 15.1 Å². The molecule has 2 aromatic rings. The molecule has 1 saturated heterocycles. The molecule has 128 valence electrons. The number of carbonyl (C=O) groups excluding carboxylic acids is 1. The lowest BCUT2D eigenvalue weighted by molar-refractivity contribution is 0.191. The summed E-state index contributed by atoms with van der Waals surface area (Å²) < 4.78 is 0.